The molecule has 4 rings (SSSR count). The quantitative estimate of drug-likeness (QED) is 0.809. The van der Waals surface area contributed by atoms with Gasteiger partial charge in [0.2, 0.25) is 0 Å². The molecule has 1 fully saturated rings. The predicted octanol–water partition coefficient (Wildman–Crippen LogP) is 2.67. The first kappa shape index (κ1) is 14.5. The molecule has 1 aromatic carbocycles. The second kappa shape index (κ2) is 5.49. The standard InChI is InChI=1S/C18H22N4O/c1-3-21-8-4-5-13(21)10-22-11-19-16-14-7-6-12(2)9-15(14)20-17(16)18(22)23/h6-7,9,11,13,20H,3-5,8,10H2,1-2H3/t13-/m0/s1. The third-order valence-electron chi connectivity index (χ3n) is 5.04. The number of aromatic nitrogens is 3. The van der Waals surface area contributed by atoms with E-state index in [-0.39, 0.29) is 5.56 Å². The first-order chi connectivity index (χ1) is 11.2. The van der Waals surface area contributed by atoms with E-state index >= 15 is 0 Å². The van der Waals surface area contributed by atoms with Crippen molar-refractivity contribution in [1.29, 1.82) is 0 Å². The normalized spacial score (nSPS) is 19.1. The fourth-order valence-electron chi connectivity index (χ4n) is 3.78. The van der Waals surface area contributed by atoms with Crippen molar-refractivity contribution < 1.29 is 0 Å². The molecule has 2 aromatic heterocycles. The Bertz CT molecular complexity index is 924. The van der Waals surface area contributed by atoms with E-state index in [1.54, 1.807) is 10.9 Å². The summed E-state index contributed by atoms with van der Waals surface area (Å²) in [7, 11) is 0. The van der Waals surface area contributed by atoms with E-state index in [1.807, 2.05) is 6.07 Å². The number of hydrogen-bond donors (Lipinski definition) is 1. The Balaban J connectivity index is 1.78. The van der Waals surface area contributed by atoms with Crippen molar-refractivity contribution in [3.05, 3.63) is 40.4 Å². The smallest absolute Gasteiger partial charge is 0.277 e. The van der Waals surface area contributed by atoms with Crippen molar-refractivity contribution in [3.8, 4) is 0 Å². The molecule has 3 heterocycles. The van der Waals surface area contributed by atoms with Crippen LogP contribution in [0.5, 0.6) is 0 Å². The molecule has 0 spiro atoms. The van der Waals surface area contributed by atoms with Gasteiger partial charge in [0, 0.05) is 23.5 Å². The van der Waals surface area contributed by atoms with E-state index in [2.05, 4.69) is 40.8 Å². The number of nitrogens with one attached hydrogen (secondary N) is 1. The van der Waals surface area contributed by atoms with Gasteiger partial charge in [-0.3, -0.25) is 14.3 Å². The van der Waals surface area contributed by atoms with Crippen LogP contribution in [0.15, 0.2) is 29.3 Å². The van der Waals surface area contributed by atoms with E-state index in [1.165, 1.54) is 12.0 Å². The highest BCUT2D eigenvalue weighted by atomic mass is 16.1. The maximum Gasteiger partial charge on any atom is 0.277 e. The van der Waals surface area contributed by atoms with Crippen molar-refractivity contribution in [2.45, 2.75) is 39.3 Å². The number of benzene rings is 1. The van der Waals surface area contributed by atoms with Gasteiger partial charge in [-0.1, -0.05) is 19.1 Å². The molecule has 1 N–H and O–H groups in total. The Morgan fingerprint density at radius 2 is 2.26 bits per heavy atom. The SMILES string of the molecule is CCN1CCC[C@H]1Cn1cnc2c([nH]c3cc(C)ccc32)c1=O. The first-order valence-corrected chi connectivity index (χ1v) is 8.39. The highest BCUT2D eigenvalue weighted by Crippen LogP contribution is 2.23. The monoisotopic (exact) mass is 310 g/mol. The maximum absolute atomic E-state index is 12.8. The molecule has 0 saturated carbocycles. The van der Waals surface area contributed by atoms with Crippen LogP contribution in [-0.2, 0) is 6.54 Å². The zero-order valence-corrected chi connectivity index (χ0v) is 13.7. The minimum absolute atomic E-state index is 0.0341. The number of likely N-dealkylation sites (N-methyl/N-ethyl adjacent to an activating group) is 1. The molecular weight excluding hydrogens is 288 g/mol. The Hall–Kier alpha value is -2.14. The van der Waals surface area contributed by atoms with Gasteiger partial charge in [0.15, 0.2) is 0 Å². The lowest BCUT2D eigenvalue weighted by Gasteiger charge is -2.23. The molecule has 0 unspecified atom stereocenters. The molecule has 23 heavy (non-hydrogen) atoms. The van der Waals surface area contributed by atoms with Gasteiger partial charge in [-0.15, -0.1) is 0 Å². The largest absolute Gasteiger partial charge is 0.349 e. The average molecular weight is 310 g/mol. The average Bonchev–Trinajstić information content (AvgIpc) is 3.13. The van der Waals surface area contributed by atoms with Gasteiger partial charge in [-0.25, -0.2) is 4.98 Å². The number of H-pyrrole nitrogens is 1. The molecule has 120 valence electrons. The number of rotatable bonds is 3. The van der Waals surface area contributed by atoms with Crippen molar-refractivity contribution in [2.75, 3.05) is 13.1 Å². The number of aromatic amines is 1. The molecule has 0 aliphatic carbocycles. The second-order valence-electron chi connectivity index (χ2n) is 6.52. The van der Waals surface area contributed by atoms with Gasteiger partial charge in [0.05, 0.1) is 6.33 Å². The Kier molecular flexibility index (Phi) is 3.45. The number of hydrogen-bond acceptors (Lipinski definition) is 3. The Labute approximate surface area is 134 Å². The zero-order valence-electron chi connectivity index (χ0n) is 13.7. The summed E-state index contributed by atoms with van der Waals surface area (Å²) >= 11 is 0. The molecule has 0 radical (unpaired) electrons. The number of nitrogens with zero attached hydrogens (tertiary/aromatic N) is 3. The van der Waals surface area contributed by atoms with E-state index in [0.29, 0.717) is 11.6 Å². The van der Waals surface area contributed by atoms with Gasteiger partial charge in [0.1, 0.15) is 11.0 Å². The lowest BCUT2D eigenvalue weighted by molar-refractivity contribution is 0.242. The molecule has 5 nitrogen and oxygen atoms in total. The van der Waals surface area contributed by atoms with Crippen molar-refractivity contribution in [3.63, 3.8) is 0 Å². The molecule has 3 aromatic rings. The Morgan fingerprint density at radius 3 is 3.09 bits per heavy atom. The maximum atomic E-state index is 12.8. The summed E-state index contributed by atoms with van der Waals surface area (Å²) < 4.78 is 1.77. The highest BCUT2D eigenvalue weighted by Gasteiger charge is 2.24. The van der Waals surface area contributed by atoms with Gasteiger partial charge in [-0.2, -0.15) is 0 Å². The molecule has 1 aliphatic rings. The van der Waals surface area contributed by atoms with E-state index in [4.69, 9.17) is 0 Å². The van der Waals surface area contributed by atoms with Crippen LogP contribution in [-0.4, -0.2) is 38.6 Å². The molecule has 1 aliphatic heterocycles. The van der Waals surface area contributed by atoms with Crippen LogP contribution in [0.25, 0.3) is 21.9 Å². The van der Waals surface area contributed by atoms with Crippen LogP contribution < -0.4 is 5.56 Å². The second-order valence-corrected chi connectivity index (χ2v) is 6.52. The van der Waals surface area contributed by atoms with Crippen molar-refractivity contribution in [1.82, 2.24) is 19.4 Å². The van der Waals surface area contributed by atoms with Crippen LogP contribution in [0, 0.1) is 6.92 Å². The number of likely N-dealkylation sites (tertiary alicyclic amines) is 1. The van der Waals surface area contributed by atoms with Crippen LogP contribution in [0.4, 0.5) is 0 Å². The minimum Gasteiger partial charge on any atom is -0.349 e. The van der Waals surface area contributed by atoms with E-state index in [0.717, 1.165) is 42.5 Å². The van der Waals surface area contributed by atoms with E-state index < -0.39 is 0 Å². The van der Waals surface area contributed by atoms with Crippen LogP contribution in [0.1, 0.15) is 25.3 Å². The summed E-state index contributed by atoms with van der Waals surface area (Å²) in [6.45, 7) is 7.14. The Morgan fingerprint density at radius 1 is 1.39 bits per heavy atom. The lowest BCUT2D eigenvalue weighted by atomic mass is 10.2. The fraction of sp³-hybridized carbons (Fsp3) is 0.444. The van der Waals surface area contributed by atoms with Gasteiger partial charge >= 0.3 is 0 Å². The fourth-order valence-corrected chi connectivity index (χ4v) is 3.78. The minimum atomic E-state index is 0.0341. The summed E-state index contributed by atoms with van der Waals surface area (Å²) in [4.78, 5) is 23.1. The molecule has 5 heteroatoms. The van der Waals surface area contributed by atoms with Gasteiger partial charge in [-0.05, 0) is 44.5 Å². The van der Waals surface area contributed by atoms with Crippen LogP contribution >= 0.6 is 0 Å². The van der Waals surface area contributed by atoms with Crippen LogP contribution in [0.2, 0.25) is 0 Å². The van der Waals surface area contributed by atoms with Crippen molar-refractivity contribution in [2.24, 2.45) is 0 Å². The molecule has 1 atom stereocenters. The molecule has 1 saturated heterocycles. The van der Waals surface area contributed by atoms with Gasteiger partial charge in [0.25, 0.3) is 5.56 Å². The molecular formula is C18H22N4O. The van der Waals surface area contributed by atoms with Crippen molar-refractivity contribution >= 4 is 21.9 Å². The number of aryl methyl sites for hydroxylation is 1. The third kappa shape index (κ3) is 2.36. The zero-order chi connectivity index (χ0) is 16.0. The summed E-state index contributed by atoms with van der Waals surface area (Å²) in [6, 6.07) is 6.61. The molecule has 0 bridgehead atoms. The topological polar surface area (TPSA) is 53.9 Å². The predicted molar refractivity (Wildman–Crippen MR) is 92.9 cm³/mol. The van der Waals surface area contributed by atoms with Crippen LogP contribution in [0.3, 0.4) is 0 Å². The first-order valence-electron chi connectivity index (χ1n) is 8.39. The molecule has 0 amide bonds. The third-order valence-corrected chi connectivity index (χ3v) is 5.04. The lowest BCUT2D eigenvalue weighted by Crippen LogP contribution is -2.36. The summed E-state index contributed by atoms with van der Waals surface area (Å²) in [5, 5.41) is 1.02. The summed E-state index contributed by atoms with van der Waals surface area (Å²) in [5.41, 5.74) is 3.59. The summed E-state index contributed by atoms with van der Waals surface area (Å²) in [5.74, 6) is 0. The van der Waals surface area contributed by atoms with E-state index in [9.17, 15) is 4.79 Å². The van der Waals surface area contributed by atoms with Gasteiger partial charge < -0.3 is 4.98 Å². The number of fused-ring (bicyclic) bond motifs is 3. The summed E-state index contributed by atoms with van der Waals surface area (Å²) in [6.07, 6.45) is 4.09. The highest BCUT2D eigenvalue weighted by molar-refractivity contribution is 6.04.